The molecule has 0 saturated heterocycles. The summed E-state index contributed by atoms with van der Waals surface area (Å²) < 4.78 is 43.0. The normalized spacial score (nSPS) is 18.1. The van der Waals surface area contributed by atoms with Gasteiger partial charge in [-0.2, -0.15) is 13.2 Å². The maximum absolute atomic E-state index is 13.9. The number of halogens is 4. The third-order valence-electron chi connectivity index (χ3n) is 6.91. The molecule has 1 N–H and O–H groups in total. The van der Waals surface area contributed by atoms with Crippen LogP contribution >= 0.6 is 23.4 Å². The van der Waals surface area contributed by atoms with Crippen molar-refractivity contribution in [2.75, 3.05) is 11.7 Å². The third-order valence-corrected chi connectivity index (χ3v) is 8.38. The van der Waals surface area contributed by atoms with Gasteiger partial charge in [0.1, 0.15) is 18.8 Å². The van der Waals surface area contributed by atoms with E-state index < -0.39 is 47.7 Å². The van der Waals surface area contributed by atoms with E-state index in [0.29, 0.717) is 21.2 Å². The highest BCUT2D eigenvalue weighted by atomic mass is 35.5. The van der Waals surface area contributed by atoms with Crippen molar-refractivity contribution < 1.29 is 23.1 Å². The van der Waals surface area contributed by atoms with E-state index in [9.17, 15) is 27.9 Å². The molecule has 3 heterocycles. The van der Waals surface area contributed by atoms with Gasteiger partial charge in [0.15, 0.2) is 11.4 Å². The van der Waals surface area contributed by atoms with Gasteiger partial charge in [0.25, 0.3) is 5.91 Å². The van der Waals surface area contributed by atoms with Crippen molar-refractivity contribution in [3.8, 4) is 5.75 Å². The van der Waals surface area contributed by atoms with Crippen LogP contribution in [0.15, 0.2) is 58.4 Å². The minimum Gasteiger partial charge on any atom is -0.502 e. The van der Waals surface area contributed by atoms with Crippen molar-refractivity contribution in [3.63, 3.8) is 0 Å². The highest BCUT2D eigenvalue weighted by Crippen LogP contribution is 2.45. The summed E-state index contributed by atoms with van der Waals surface area (Å²) >= 11 is 8.31. The number of carbonyl (C=O) groups excluding carboxylic acids is 1. The van der Waals surface area contributed by atoms with Crippen molar-refractivity contribution >= 4 is 29.3 Å². The first-order valence-corrected chi connectivity index (χ1v) is 13.0. The Morgan fingerprint density at radius 3 is 2.59 bits per heavy atom. The summed E-state index contributed by atoms with van der Waals surface area (Å²) in [6.45, 7) is 2.16. The molecule has 0 saturated carbocycles. The number of rotatable bonds is 3. The van der Waals surface area contributed by atoms with Crippen LogP contribution in [-0.4, -0.2) is 39.5 Å². The summed E-state index contributed by atoms with van der Waals surface area (Å²) in [6, 6.07) is 10.1. The number of aromatic hydroxyl groups is 1. The lowest BCUT2D eigenvalue weighted by Gasteiger charge is -2.46. The number of hydrogen-bond donors (Lipinski definition) is 1. The number of benzene rings is 2. The van der Waals surface area contributed by atoms with E-state index in [1.54, 1.807) is 29.8 Å². The van der Waals surface area contributed by atoms with Crippen LogP contribution in [0, 0.1) is 0 Å². The SMILES string of the molecule is CCc1cn2c(c(O)c1=O)C(=O)N([C@H](C)C(F)(F)F)CN2[C@@H]1c2ccccc2SCc2cccc(Cl)c21. The van der Waals surface area contributed by atoms with E-state index in [1.807, 2.05) is 36.4 Å². The fraction of sp³-hybridized carbons (Fsp3) is 0.308. The summed E-state index contributed by atoms with van der Waals surface area (Å²) in [6.07, 6.45) is -3.04. The number of amides is 1. The van der Waals surface area contributed by atoms with Crippen LogP contribution in [0.25, 0.3) is 0 Å². The van der Waals surface area contributed by atoms with E-state index >= 15 is 0 Å². The van der Waals surface area contributed by atoms with Crippen molar-refractivity contribution in [1.29, 1.82) is 0 Å². The van der Waals surface area contributed by atoms with E-state index in [0.717, 1.165) is 22.9 Å². The third kappa shape index (κ3) is 4.16. The smallest absolute Gasteiger partial charge is 0.408 e. The number of thioether (sulfide) groups is 1. The molecule has 0 radical (unpaired) electrons. The van der Waals surface area contributed by atoms with Gasteiger partial charge < -0.3 is 10.0 Å². The Morgan fingerprint density at radius 1 is 1.16 bits per heavy atom. The first kappa shape index (κ1) is 25.5. The van der Waals surface area contributed by atoms with Crippen molar-refractivity contribution in [1.82, 2.24) is 9.58 Å². The van der Waals surface area contributed by atoms with Crippen LogP contribution < -0.4 is 10.4 Å². The fourth-order valence-corrected chi connectivity index (χ4v) is 6.25. The van der Waals surface area contributed by atoms with Crippen molar-refractivity contribution in [2.24, 2.45) is 0 Å². The molecule has 0 bridgehead atoms. The molecular formula is C26H23ClF3N3O3S. The van der Waals surface area contributed by atoms with E-state index in [2.05, 4.69) is 0 Å². The molecular weight excluding hydrogens is 527 g/mol. The lowest BCUT2D eigenvalue weighted by Crippen LogP contribution is -2.60. The van der Waals surface area contributed by atoms with E-state index in [-0.39, 0.29) is 12.0 Å². The Morgan fingerprint density at radius 2 is 1.89 bits per heavy atom. The Kier molecular flexibility index (Phi) is 6.44. The van der Waals surface area contributed by atoms with E-state index in [1.165, 1.54) is 10.9 Å². The highest BCUT2D eigenvalue weighted by Gasteiger charge is 2.48. The zero-order chi connectivity index (χ0) is 26.6. The van der Waals surface area contributed by atoms with Gasteiger partial charge in [0, 0.05) is 33.0 Å². The number of hydrogen-bond acceptors (Lipinski definition) is 5. The molecule has 11 heteroatoms. The topological polar surface area (TPSA) is 65.8 Å². The minimum atomic E-state index is -4.73. The molecule has 5 rings (SSSR count). The second-order valence-corrected chi connectivity index (χ2v) is 10.4. The molecule has 3 aromatic rings. The maximum Gasteiger partial charge on any atom is 0.408 e. The molecule has 2 aliphatic heterocycles. The number of nitrogens with zero attached hydrogens (tertiary/aromatic N) is 3. The van der Waals surface area contributed by atoms with Crippen LogP contribution in [0.4, 0.5) is 13.2 Å². The van der Waals surface area contributed by atoms with Gasteiger partial charge in [-0.1, -0.05) is 48.9 Å². The summed E-state index contributed by atoms with van der Waals surface area (Å²) in [5.41, 5.74) is 1.32. The monoisotopic (exact) mass is 549 g/mol. The molecule has 6 nitrogen and oxygen atoms in total. The number of aromatic nitrogens is 1. The van der Waals surface area contributed by atoms with Crippen LogP contribution in [0.2, 0.25) is 5.02 Å². The zero-order valence-electron chi connectivity index (χ0n) is 19.9. The predicted molar refractivity (Wildman–Crippen MR) is 136 cm³/mol. The zero-order valence-corrected chi connectivity index (χ0v) is 21.5. The quantitative estimate of drug-likeness (QED) is 0.469. The van der Waals surface area contributed by atoms with Crippen LogP contribution in [0.3, 0.4) is 0 Å². The minimum absolute atomic E-state index is 0.229. The molecule has 0 aliphatic carbocycles. The molecule has 194 valence electrons. The van der Waals surface area contributed by atoms with Crippen LogP contribution in [0.5, 0.6) is 5.75 Å². The molecule has 2 aliphatic rings. The number of carbonyl (C=O) groups is 1. The van der Waals surface area contributed by atoms with Crippen molar-refractivity contribution in [2.45, 2.75) is 49.2 Å². The molecule has 0 spiro atoms. The standard InChI is InChI=1S/C26H23ClF3N3O3S/c1-3-15-11-32-22(24(35)23(15)34)25(36)31(14(2)26(28,29)30)13-33(32)21-17-8-4-5-10-19(17)37-12-16-7-6-9-18(27)20(16)21/h4-11,14,21,35H,3,12-13H2,1-2H3/t14-,21-/m1/s1. The summed E-state index contributed by atoms with van der Waals surface area (Å²) in [5, 5.41) is 12.8. The number of pyridine rings is 1. The van der Waals surface area contributed by atoms with Crippen molar-refractivity contribution in [3.05, 3.63) is 91.9 Å². The molecule has 0 fully saturated rings. The maximum atomic E-state index is 13.9. The molecule has 1 aromatic heterocycles. The first-order valence-electron chi connectivity index (χ1n) is 11.7. The van der Waals surface area contributed by atoms with Gasteiger partial charge in [-0.3, -0.25) is 19.3 Å². The fourth-order valence-electron chi connectivity index (χ4n) is 4.87. The van der Waals surface area contributed by atoms with E-state index in [4.69, 9.17) is 11.6 Å². The van der Waals surface area contributed by atoms with Gasteiger partial charge in [-0.25, -0.2) is 0 Å². The Labute approximate surface area is 220 Å². The second-order valence-electron chi connectivity index (χ2n) is 8.99. The van der Waals surface area contributed by atoms with Gasteiger partial charge in [0.05, 0.1) is 0 Å². The lowest BCUT2D eigenvalue weighted by molar-refractivity contribution is -0.173. The highest BCUT2D eigenvalue weighted by molar-refractivity contribution is 7.98. The number of fused-ring (bicyclic) bond motifs is 3. The van der Waals surface area contributed by atoms with Gasteiger partial charge >= 0.3 is 6.18 Å². The molecule has 37 heavy (non-hydrogen) atoms. The average Bonchev–Trinajstić information content (AvgIpc) is 3.03. The molecule has 2 aromatic carbocycles. The summed E-state index contributed by atoms with van der Waals surface area (Å²) in [4.78, 5) is 27.7. The number of aryl methyl sites for hydroxylation is 1. The predicted octanol–water partition coefficient (Wildman–Crippen LogP) is 5.47. The molecule has 2 atom stereocenters. The molecule has 0 unspecified atom stereocenters. The van der Waals surface area contributed by atoms with Crippen LogP contribution in [-0.2, 0) is 12.2 Å². The Balaban J connectivity index is 1.83. The Bertz CT molecular complexity index is 1460. The summed E-state index contributed by atoms with van der Waals surface area (Å²) in [7, 11) is 0. The number of alkyl halides is 3. The largest absolute Gasteiger partial charge is 0.502 e. The molecule has 1 amide bonds. The van der Waals surface area contributed by atoms with Gasteiger partial charge in [-0.05, 0) is 36.6 Å². The average molecular weight is 550 g/mol. The summed E-state index contributed by atoms with van der Waals surface area (Å²) in [5.74, 6) is -1.36. The van der Waals surface area contributed by atoms with Crippen LogP contribution in [0.1, 0.15) is 52.6 Å². The lowest BCUT2D eigenvalue weighted by atomic mass is 9.94. The van der Waals surface area contributed by atoms with Gasteiger partial charge in [-0.15, -0.1) is 11.8 Å². The van der Waals surface area contributed by atoms with Gasteiger partial charge in [0.2, 0.25) is 5.43 Å². The second kappa shape index (κ2) is 9.33. The first-order chi connectivity index (χ1) is 17.5. The Hall–Kier alpha value is -3.11.